The molecule has 0 amide bonds. The molecule has 0 atom stereocenters. The first kappa shape index (κ1) is 16.9. The summed E-state index contributed by atoms with van der Waals surface area (Å²) in [7, 11) is 1.60. The molecule has 0 aromatic carbocycles. The number of nitrogens with two attached hydrogens (primary N) is 1. The van der Waals surface area contributed by atoms with Crippen LogP contribution in [0.15, 0.2) is 23.3 Å². The number of pyridine rings is 1. The van der Waals surface area contributed by atoms with Crippen LogP contribution in [0.1, 0.15) is 19.4 Å². The Labute approximate surface area is 125 Å². The summed E-state index contributed by atoms with van der Waals surface area (Å²) in [5, 5.41) is 0. The van der Waals surface area contributed by atoms with Crippen molar-refractivity contribution in [2.75, 3.05) is 20.2 Å². The Balaban J connectivity index is 0.00000289. The van der Waals surface area contributed by atoms with Crippen LogP contribution in [0, 0.1) is 0 Å². The van der Waals surface area contributed by atoms with Crippen molar-refractivity contribution in [2.24, 2.45) is 10.7 Å². The van der Waals surface area contributed by atoms with E-state index in [2.05, 4.69) is 23.8 Å². The van der Waals surface area contributed by atoms with Gasteiger partial charge in [-0.3, -0.25) is 0 Å². The van der Waals surface area contributed by atoms with Crippen molar-refractivity contribution in [1.82, 2.24) is 9.88 Å². The summed E-state index contributed by atoms with van der Waals surface area (Å²) in [5.41, 5.74) is 6.83. The van der Waals surface area contributed by atoms with Gasteiger partial charge in [0.1, 0.15) is 0 Å². The van der Waals surface area contributed by atoms with Gasteiger partial charge in [-0.15, -0.1) is 24.0 Å². The number of aromatic nitrogens is 1. The molecule has 2 N–H and O–H groups in total. The van der Waals surface area contributed by atoms with Crippen LogP contribution in [0.2, 0.25) is 0 Å². The molecule has 0 saturated heterocycles. The second kappa shape index (κ2) is 8.96. The lowest BCUT2D eigenvalue weighted by Crippen LogP contribution is -2.37. The average Bonchev–Trinajstić information content (AvgIpc) is 2.38. The Bertz CT molecular complexity index is 380. The quantitative estimate of drug-likeness (QED) is 0.492. The van der Waals surface area contributed by atoms with Crippen LogP contribution in [0.25, 0.3) is 0 Å². The van der Waals surface area contributed by atoms with Crippen LogP contribution >= 0.6 is 24.0 Å². The van der Waals surface area contributed by atoms with E-state index in [1.807, 2.05) is 17.0 Å². The highest BCUT2D eigenvalue weighted by Gasteiger charge is 2.05. The maximum Gasteiger partial charge on any atom is 0.218 e. The van der Waals surface area contributed by atoms with Crippen molar-refractivity contribution >= 4 is 29.9 Å². The third kappa shape index (κ3) is 4.67. The van der Waals surface area contributed by atoms with Gasteiger partial charge in [0, 0.05) is 24.8 Å². The third-order valence-electron chi connectivity index (χ3n) is 2.54. The number of hydrogen-bond donors (Lipinski definition) is 1. The van der Waals surface area contributed by atoms with Crippen molar-refractivity contribution in [2.45, 2.75) is 20.4 Å². The zero-order chi connectivity index (χ0) is 12.7. The fraction of sp³-hybridized carbons (Fsp3) is 0.500. The van der Waals surface area contributed by atoms with E-state index in [-0.39, 0.29) is 24.0 Å². The summed E-state index contributed by atoms with van der Waals surface area (Å²) in [5.74, 6) is 1.16. The molecule has 1 aromatic rings. The molecule has 1 aromatic heterocycles. The number of methoxy groups -OCH3 is 1. The third-order valence-corrected chi connectivity index (χ3v) is 2.54. The molecule has 0 saturated carbocycles. The fourth-order valence-corrected chi connectivity index (χ4v) is 1.54. The summed E-state index contributed by atoms with van der Waals surface area (Å²) < 4.78 is 5.16. The van der Waals surface area contributed by atoms with E-state index in [9.17, 15) is 0 Å². The molecule has 0 aliphatic carbocycles. The molecule has 0 aliphatic heterocycles. The standard InChI is InChI=1S/C12H20N4O.HI/c1-4-16(5-2)12(13)15-9-10-7-6-8-14-11(10)17-3;/h6-8H,4-5,9H2,1-3H3,(H2,13,15);1H. The molecule has 6 heteroatoms. The maximum atomic E-state index is 5.89. The Morgan fingerprint density at radius 2 is 2.11 bits per heavy atom. The summed E-state index contributed by atoms with van der Waals surface area (Å²) >= 11 is 0. The van der Waals surface area contributed by atoms with E-state index in [4.69, 9.17) is 10.5 Å². The molecule has 1 heterocycles. The zero-order valence-corrected chi connectivity index (χ0v) is 13.4. The maximum absolute atomic E-state index is 5.89. The SMILES string of the molecule is CCN(CC)C(N)=NCc1cccnc1OC.I. The average molecular weight is 364 g/mol. The summed E-state index contributed by atoms with van der Waals surface area (Å²) in [4.78, 5) is 10.5. The zero-order valence-electron chi connectivity index (χ0n) is 11.1. The van der Waals surface area contributed by atoms with Gasteiger partial charge in [0.2, 0.25) is 5.88 Å². The Kier molecular flexibility index (Phi) is 8.43. The van der Waals surface area contributed by atoms with Crippen molar-refractivity contribution in [3.05, 3.63) is 23.9 Å². The monoisotopic (exact) mass is 364 g/mol. The predicted molar refractivity (Wildman–Crippen MR) is 84.5 cm³/mol. The van der Waals surface area contributed by atoms with Gasteiger partial charge in [0.05, 0.1) is 13.7 Å². The molecule has 0 spiro atoms. The van der Waals surface area contributed by atoms with E-state index < -0.39 is 0 Å². The van der Waals surface area contributed by atoms with Crippen molar-refractivity contribution in [3.8, 4) is 5.88 Å². The first-order valence-corrected chi connectivity index (χ1v) is 5.75. The van der Waals surface area contributed by atoms with Gasteiger partial charge in [0.25, 0.3) is 0 Å². The van der Waals surface area contributed by atoms with Gasteiger partial charge in [0.15, 0.2) is 5.96 Å². The van der Waals surface area contributed by atoms with Crippen molar-refractivity contribution in [1.29, 1.82) is 0 Å². The van der Waals surface area contributed by atoms with Crippen LogP contribution < -0.4 is 10.5 Å². The van der Waals surface area contributed by atoms with Crippen LogP contribution in [0.5, 0.6) is 5.88 Å². The van der Waals surface area contributed by atoms with E-state index in [1.165, 1.54) is 0 Å². The highest BCUT2D eigenvalue weighted by molar-refractivity contribution is 14.0. The summed E-state index contributed by atoms with van der Waals surface area (Å²) in [6.07, 6.45) is 1.69. The normalized spacial score (nSPS) is 10.7. The minimum atomic E-state index is 0. The minimum Gasteiger partial charge on any atom is -0.481 e. The molecule has 0 fully saturated rings. The van der Waals surface area contributed by atoms with Gasteiger partial charge < -0.3 is 15.4 Å². The molecule has 102 valence electrons. The van der Waals surface area contributed by atoms with Crippen LogP contribution in [0.3, 0.4) is 0 Å². The number of halogens is 1. The summed E-state index contributed by atoms with van der Waals surface area (Å²) in [6, 6.07) is 3.80. The molecule has 0 bridgehead atoms. The predicted octanol–water partition coefficient (Wildman–Crippen LogP) is 1.86. The number of aliphatic imine (C=N–C) groups is 1. The molecular formula is C12H21IN4O. The highest BCUT2D eigenvalue weighted by atomic mass is 127. The summed E-state index contributed by atoms with van der Waals surface area (Å²) in [6.45, 7) is 6.30. The molecule has 1 rings (SSSR count). The van der Waals surface area contributed by atoms with Gasteiger partial charge in [-0.25, -0.2) is 9.98 Å². The molecule has 0 radical (unpaired) electrons. The largest absolute Gasteiger partial charge is 0.481 e. The van der Waals surface area contributed by atoms with Crippen molar-refractivity contribution in [3.63, 3.8) is 0 Å². The second-order valence-electron chi connectivity index (χ2n) is 3.52. The van der Waals surface area contributed by atoms with Crippen LogP contribution in [-0.4, -0.2) is 36.0 Å². The lowest BCUT2D eigenvalue weighted by Gasteiger charge is -2.19. The lowest BCUT2D eigenvalue weighted by molar-refractivity contribution is 0.392. The number of ether oxygens (including phenoxy) is 1. The van der Waals surface area contributed by atoms with Gasteiger partial charge in [-0.1, -0.05) is 6.07 Å². The minimum absolute atomic E-state index is 0. The number of nitrogens with zero attached hydrogens (tertiary/aromatic N) is 3. The van der Waals surface area contributed by atoms with Gasteiger partial charge >= 0.3 is 0 Å². The molecule has 0 aliphatic rings. The topological polar surface area (TPSA) is 63.7 Å². The highest BCUT2D eigenvalue weighted by Crippen LogP contribution is 2.14. The van der Waals surface area contributed by atoms with Gasteiger partial charge in [-0.2, -0.15) is 0 Å². The number of hydrogen-bond acceptors (Lipinski definition) is 3. The fourth-order valence-electron chi connectivity index (χ4n) is 1.54. The lowest BCUT2D eigenvalue weighted by atomic mass is 10.3. The first-order valence-electron chi connectivity index (χ1n) is 5.75. The smallest absolute Gasteiger partial charge is 0.218 e. The number of guanidine groups is 1. The second-order valence-corrected chi connectivity index (χ2v) is 3.52. The van der Waals surface area contributed by atoms with Crippen molar-refractivity contribution < 1.29 is 4.74 Å². The van der Waals surface area contributed by atoms with E-state index in [0.29, 0.717) is 18.4 Å². The Morgan fingerprint density at radius 1 is 1.44 bits per heavy atom. The van der Waals surface area contributed by atoms with Crippen LogP contribution in [-0.2, 0) is 6.54 Å². The Hall–Kier alpha value is -1.05. The van der Waals surface area contributed by atoms with Crippen LogP contribution in [0.4, 0.5) is 0 Å². The van der Waals surface area contributed by atoms with E-state index in [1.54, 1.807) is 13.3 Å². The molecular weight excluding hydrogens is 343 g/mol. The first-order chi connectivity index (χ1) is 8.22. The molecule has 5 nitrogen and oxygen atoms in total. The Morgan fingerprint density at radius 3 is 2.67 bits per heavy atom. The van der Waals surface area contributed by atoms with E-state index in [0.717, 1.165) is 18.7 Å². The molecule has 18 heavy (non-hydrogen) atoms. The van der Waals surface area contributed by atoms with E-state index >= 15 is 0 Å². The molecule has 0 unspecified atom stereocenters. The van der Waals surface area contributed by atoms with Gasteiger partial charge in [-0.05, 0) is 19.9 Å². The number of rotatable bonds is 5.